The molecule has 3 aromatic carbocycles. The molecule has 0 bridgehead atoms. The fraction of sp³-hybridized carbons (Fsp3) is 0.310. The number of methoxy groups -OCH3 is 1. The van der Waals surface area contributed by atoms with Gasteiger partial charge in [-0.1, -0.05) is 60.7 Å². The third-order valence-electron chi connectivity index (χ3n) is 6.34. The van der Waals surface area contributed by atoms with Crippen LogP contribution in [0, 0.1) is 0 Å². The number of rotatable bonds is 10. The molecule has 4 rings (SSSR count). The number of ether oxygens (including phenoxy) is 2. The number of nitrogens with zero attached hydrogens (tertiary/aromatic N) is 1. The van der Waals surface area contributed by atoms with Crippen LogP contribution in [0.2, 0.25) is 0 Å². The van der Waals surface area contributed by atoms with Gasteiger partial charge < -0.3 is 25.0 Å². The maximum atomic E-state index is 12.9. The lowest BCUT2D eigenvalue weighted by atomic mass is 9.88. The number of carbonyl (C=O) groups is 2. The van der Waals surface area contributed by atoms with Gasteiger partial charge in [-0.25, -0.2) is 0 Å². The van der Waals surface area contributed by atoms with E-state index in [0.717, 1.165) is 6.42 Å². The van der Waals surface area contributed by atoms with Gasteiger partial charge in [-0.15, -0.1) is 0 Å². The van der Waals surface area contributed by atoms with Crippen molar-refractivity contribution in [1.82, 2.24) is 10.2 Å². The summed E-state index contributed by atoms with van der Waals surface area (Å²) in [4.78, 5) is 27.3. The van der Waals surface area contributed by atoms with Gasteiger partial charge in [0.2, 0.25) is 5.91 Å². The highest BCUT2D eigenvalue weighted by atomic mass is 16.5. The Morgan fingerprint density at radius 3 is 2.19 bits per heavy atom. The smallest absolute Gasteiger partial charge is 0.254 e. The van der Waals surface area contributed by atoms with Crippen molar-refractivity contribution in [3.63, 3.8) is 0 Å². The first-order valence-electron chi connectivity index (χ1n) is 12.3. The molecule has 0 unspecified atom stereocenters. The van der Waals surface area contributed by atoms with Gasteiger partial charge in [-0.2, -0.15) is 0 Å². The molecule has 7 heteroatoms. The van der Waals surface area contributed by atoms with E-state index in [-0.39, 0.29) is 24.3 Å². The summed E-state index contributed by atoms with van der Waals surface area (Å²) in [6.45, 7) is 2.85. The van der Waals surface area contributed by atoms with E-state index in [1.54, 1.807) is 30.2 Å². The van der Waals surface area contributed by atoms with Crippen LogP contribution in [-0.2, 0) is 9.53 Å². The second kappa shape index (κ2) is 12.7. The second-order valence-corrected chi connectivity index (χ2v) is 8.69. The SMILES string of the molecule is COc1ccc(C(=O)N2CCOCC2)cc1NCC(=O)NCCC(c1ccccc1)c1ccccc1. The van der Waals surface area contributed by atoms with Gasteiger partial charge in [0.05, 0.1) is 32.6 Å². The van der Waals surface area contributed by atoms with Crippen molar-refractivity contribution in [2.45, 2.75) is 12.3 Å². The number of carbonyl (C=O) groups excluding carboxylic acids is 2. The highest BCUT2D eigenvalue weighted by molar-refractivity contribution is 5.96. The van der Waals surface area contributed by atoms with Crippen molar-refractivity contribution in [1.29, 1.82) is 0 Å². The molecule has 188 valence electrons. The summed E-state index contributed by atoms with van der Waals surface area (Å²) in [6.07, 6.45) is 0.784. The van der Waals surface area contributed by atoms with Gasteiger partial charge in [0.15, 0.2) is 0 Å². The minimum Gasteiger partial charge on any atom is -0.495 e. The van der Waals surface area contributed by atoms with Crippen molar-refractivity contribution in [2.75, 3.05) is 51.8 Å². The third-order valence-corrected chi connectivity index (χ3v) is 6.34. The molecule has 0 saturated carbocycles. The Kier molecular flexibility index (Phi) is 8.94. The summed E-state index contributed by atoms with van der Waals surface area (Å²) < 4.78 is 10.8. The molecule has 0 spiro atoms. The van der Waals surface area contributed by atoms with Crippen molar-refractivity contribution in [2.24, 2.45) is 0 Å². The van der Waals surface area contributed by atoms with Crippen LogP contribution < -0.4 is 15.4 Å². The fourth-order valence-corrected chi connectivity index (χ4v) is 4.42. The molecule has 1 saturated heterocycles. The molecule has 0 aliphatic carbocycles. The molecule has 1 heterocycles. The Morgan fingerprint density at radius 1 is 0.944 bits per heavy atom. The van der Waals surface area contributed by atoms with Gasteiger partial charge in [-0.3, -0.25) is 9.59 Å². The molecule has 0 radical (unpaired) electrons. The molecule has 1 aliphatic heterocycles. The standard InChI is InChI=1S/C29H33N3O4/c1-35-27-13-12-24(29(34)32-16-18-36-19-17-32)20-26(27)31-21-28(33)30-15-14-25(22-8-4-2-5-9-22)23-10-6-3-7-11-23/h2-13,20,25,31H,14-19,21H2,1H3,(H,30,33). The van der Waals surface area contributed by atoms with Gasteiger partial charge in [0, 0.05) is 31.1 Å². The zero-order valence-electron chi connectivity index (χ0n) is 20.6. The number of morpholine rings is 1. The Labute approximate surface area is 212 Å². The maximum absolute atomic E-state index is 12.9. The van der Waals surface area contributed by atoms with E-state index in [1.807, 2.05) is 36.4 Å². The molecule has 7 nitrogen and oxygen atoms in total. The summed E-state index contributed by atoms with van der Waals surface area (Å²) in [5, 5.41) is 6.15. The van der Waals surface area contributed by atoms with Crippen molar-refractivity contribution in [3.8, 4) is 5.75 Å². The van der Waals surface area contributed by atoms with Crippen LogP contribution in [-0.4, -0.2) is 63.2 Å². The molecule has 2 amide bonds. The molecule has 1 fully saturated rings. The third kappa shape index (κ3) is 6.64. The predicted octanol–water partition coefficient (Wildman–Crippen LogP) is 3.92. The van der Waals surface area contributed by atoms with E-state index in [9.17, 15) is 9.59 Å². The molecular formula is C29H33N3O4. The Hall–Kier alpha value is -3.84. The molecule has 0 atom stereocenters. The molecule has 2 N–H and O–H groups in total. The first-order chi connectivity index (χ1) is 17.7. The van der Waals surface area contributed by atoms with Crippen LogP contribution in [0.5, 0.6) is 5.75 Å². The average molecular weight is 488 g/mol. The van der Waals surface area contributed by atoms with Gasteiger partial charge >= 0.3 is 0 Å². The zero-order chi connectivity index (χ0) is 25.2. The first-order valence-corrected chi connectivity index (χ1v) is 12.3. The number of hydrogen-bond acceptors (Lipinski definition) is 5. The number of hydrogen-bond donors (Lipinski definition) is 2. The lowest BCUT2D eigenvalue weighted by Gasteiger charge is -2.27. The summed E-state index contributed by atoms with van der Waals surface area (Å²) >= 11 is 0. The average Bonchev–Trinajstić information content (AvgIpc) is 2.95. The van der Waals surface area contributed by atoms with E-state index < -0.39 is 0 Å². The Balaban J connectivity index is 1.34. The van der Waals surface area contributed by atoms with E-state index in [4.69, 9.17) is 9.47 Å². The van der Waals surface area contributed by atoms with E-state index >= 15 is 0 Å². The van der Waals surface area contributed by atoms with Gasteiger partial charge in [0.1, 0.15) is 5.75 Å². The topological polar surface area (TPSA) is 79.9 Å². The van der Waals surface area contributed by atoms with Crippen LogP contribution in [0.4, 0.5) is 5.69 Å². The van der Waals surface area contributed by atoms with Crippen molar-refractivity contribution in [3.05, 3.63) is 95.6 Å². The molecule has 1 aliphatic rings. The molecular weight excluding hydrogens is 454 g/mol. The van der Waals surface area contributed by atoms with Crippen molar-refractivity contribution < 1.29 is 19.1 Å². The summed E-state index contributed by atoms with van der Waals surface area (Å²) in [7, 11) is 1.57. The number of amides is 2. The minimum absolute atomic E-state index is 0.0543. The number of nitrogens with one attached hydrogen (secondary N) is 2. The molecule has 0 aromatic heterocycles. The highest BCUT2D eigenvalue weighted by Crippen LogP contribution is 2.28. The van der Waals surface area contributed by atoms with E-state index in [2.05, 4.69) is 34.9 Å². The Morgan fingerprint density at radius 2 is 1.58 bits per heavy atom. The predicted molar refractivity (Wildman–Crippen MR) is 141 cm³/mol. The molecule has 36 heavy (non-hydrogen) atoms. The van der Waals surface area contributed by atoms with E-state index in [0.29, 0.717) is 49.8 Å². The first kappa shape index (κ1) is 25.3. The summed E-state index contributed by atoms with van der Waals surface area (Å²) in [6, 6.07) is 25.9. The highest BCUT2D eigenvalue weighted by Gasteiger charge is 2.20. The van der Waals surface area contributed by atoms with Crippen LogP contribution in [0.15, 0.2) is 78.9 Å². The van der Waals surface area contributed by atoms with Crippen LogP contribution in [0.1, 0.15) is 33.8 Å². The fourth-order valence-electron chi connectivity index (χ4n) is 4.42. The van der Waals surface area contributed by atoms with Crippen LogP contribution in [0.3, 0.4) is 0 Å². The maximum Gasteiger partial charge on any atom is 0.254 e. The number of anilines is 1. The van der Waals surface area contributed by atoms with Gasteiger partial charge in [0.25, 0.3) is 5.91 Å². The summed E-state index contributed by atoms with van der Waals surface area (Å²) in [5.74, 6) is 0.598. The second-order valence-electron chi connectivity index (χ2n) is 8.69. The van der Waals surface area contributed by atoms with Crippen LogP contribution >= 0.6 is 0 Å². The zero-order valence-corrected chi connectivity index (χ0v) is 20.6. The van der Waals surface area contributed by atoms with Crippen LogP contribution in [0.25, 0.3) is 0 Å². The lowest BCUT2D eigenvalue weighted by Crippen LogP contribution is -2.40. The largest absolute Gasteiger partial charge is 0.495 e. The quantitative estimate of drug-likeness (QED) is 0.453. The normalized spacial score (nSPS) is 13.3. The minimum atomic E-state index is -0.123. The monoisotopic (exact) mass is 487 g/mol. The Bertz CT molecular complexity index is 1090. The van der Waals surface area contributed by atoms with E-state index in [1.165, 1.54) is 11.1 Å². The number of benzene rings is 3. The molecule has 3 aromatic rings. The lowest BCUT2D eigenvalue weighted by molar-refractivity contribution is -0.119. The van der Waals surface area contributed by atoms with Crippen molar-refractivity contribution >= 4 is 17.5 Å². The summed E-state index contributed by atoms with van der Waals surface area (Å²) in [5.41, 5.74) is 3.61. The van der Waals surface area contributed by atoms with Gasteiger partial charge in [-0.05, 0) is 35.7 Å².